The van der Waals surface area contributed by atoms with Gasteiger partial charge >= 0.3 is 10.5 Å². The normalized spacial score (nSPS) is 15.7. The van der Waals surface area contributed by atoms with Gasteiger partial charge in [-0.2, -0.15) is 8.42 Å². The molecule has 0 bridgehead atoms. The van der Waals surface area contributed by atoms with Gasteiger partial charge in [0.15, 0.2) is 5.75 Å². The maximum absolute atomic E-state index is 12.6. The standard InChI is InChI=1S/C16H17FN2O3S/c17-23(20,21)22-16-9-15(10-18-11-16)14-5-3-4-13(8-14)12-19-6-1-2-7-19/h3-5,8-11H,1-2,6-7,12H2. The van der Waals surface area contributed by atoms with E-state index in [1.165, 1.54) is 24.5 Å². The fourth-order valence-electron chi connectivity index (χ4n) is 2.79. The van der Waals surface area contributed by atoms with Crippen molar-refractivity contribution in [3.8, 4) is 16.9 Å². The number of halogens is 1. The van der Waals surface area contributed by atoms with Crippen LogP contribution in [0.4, 0.5) is 3.89 Å². The molecular formula is C16H17FN2O3S. The molecule has 7 heteroatoms. The zero-order valence-electron chi connectivity index (χ0n) is 12.5. The Bertz CT molecular complexity index is 789. The van der Waals surface area contributed by atoms with Crippen LogP contribution >= 0.6 is 0 Å². The molecule has 0 spiro atoms. The van der Waals surface area contributed by atoms with Crippen LogP contribution in [-0.2, 0) is 17.0 Å². The predicted octanol–water partition coefficient (Wildman–Crippen LogP) is 2.94. The number of aromatic nitrogens is 1. The first-order valence-electron chi connectivity index (χ1n) is 7.40. The SMILES string of the molecule is O=S(=O)(F)Oc1cncc(-c2cccc(CN3CCCC3)c2)c1. The summed E-state index contributed by atoms with van der Waals surface area (Å²) in [6, 6.07) is 9.39. The van der Waals surface area contributed by atoms with E-state index in [1.807, 2.05) is 18.2 Å². The Hall–Kier alpha value is -1.99. The molecule has 1 fully saturated rings. The summed E-state index contributed by atoms with van der Waals surface area (Å²) in [5, 5.41) is 0. The summed E-state index contributed by atoms with van der Waals surface area (Å²) in [5.41, 5.74) is 2.74. The van der Waals surface area contributed by atoms with E-state index in [1.54, 1.807) is 6.20 Å². The lowest BCUT2D eigenvalue weighted by atomic mass is 10.0. The molecule has 0 radical (unpaired) electrons. The van der Waals surface area contributed by atoms with Gasteiger partial charge in [-0.3, -0.25) is 9.88 Å². The molecular weight excluding hydrogens is 319 g/mol. The Morgan fingerprint density at radius 1 is 1.13 bits per heavy atom. The van der Waals surface area contributed by atoms with E-state index in [-0.39, 0.29) is 5.75 Å². The summed E-state index contributed by atoms with van der Waals surface area (Å²) in [6.45, 7) is 3.11. The molecule has 3 rings (SSSR count). The minimum atomic E-state index is -5.05. The Balaban J connectivity index is 1.82. The molecule has 1 aliphatic heterocycles. The summed E-state index contributed by atoms with van der Waals surface area (Å²) in [5.74, 6) is -0.144. The molecule has 0 aliphatic carbocycles. The van der Waals surface area contributed by atoms with Gasteiger partial charge in [-0.15, -0.1) is 0 Å². The lowest BCUT2D eigenvalue weighted by Gasteiger charge is -2.15. The fourth-order valence-corrected chi connectivity index (χ4v) is 3.11. The fraction of sp³-hybridized carbons (Fsp3) is 0.312. The molecule has 0 N–H and O–H groups in total. The van der Waals surface area contributed by atoms with Gasteiger partial charge in [-0.05, 0) is 49.2 Å². The smallest absolute Gasteiger partial charge is 0.357 e. The van der Waals surface area contributed by atoms with E-state index < -0.39 is 10.5 Å². The summed E-state index contributed by atoms with van der Waals surface area (Å²) >= 11 is 0. The highest BCUT2D eigenvalue weighted by Crippen LogP contribution is 2.25. The van der Waals surface area contributed by atoms with E-state index >= 15 is 0 Å². The van der Waals surface area contributed by atoms with Crippen LogP contribution in [0.5, 0.6) is 5.75 Å². The average molecular weight is 336 g/mol. The molecule has 0 saturated carbocycles. The Kier molecular flexibility index (Phi) is 4.58. The van der Waals surface area contributed by atoms with Gasteiger partial charge in [0.05, 0.1) is 6.20 Å². The van der Waals surface area contributed by atoms with Crippen molar-refractivity contribution >= 4 is 10.5 Å². The minimum Gasteiger partial charge on any atom is -0.357 e. The maximum atomic E-state index is 12.6. The third kappa shape index (κ3) is 4.49. The second-order valence-electron chi connectivity index (χ2n) is 5.57. The number of hydrogen-bond acceptors (Lipinski definition) is 5. The highest BCUT2D eigenvalue weighted by Gasteiger charge is 2.13. The Morgan fingerprint density at radius 2 is 1.91 bits per heavy atom. The van der Waals surface area contributed by atoms with Gasteiger partial charge in [0.1, 0.15) is 0 Å². The molecule has 23 heavy (non-hydrogen) atoms. The van der Waals surface area contributed by atoms with Gasteiger partial charge in [-0.25, -0.2) is 0 Å². The number of likely N-dealkylation sites (tertiary alicyclic amines) is 1. The van der Waals surface area contributed by atoms with E-state index in [2.05, 4.69) is 20.1 Å². The van der Waals surface area contributed by atoms with Crippen LogP contribution in [0, 0.1) is 0 Å². The maximum Gasteiger partial charge on any atom is 0.488 e. The minimum absolute atomic E-state index is 0.144. The molecule has 1 saturated heterocycles. The van der Waals surface area contributed by atoms with Crippen LogP contribution in [0.1, 0.15) is 18.4 Å². The zero-order chi connectivity index (χ0) is 16.3. The first kappa shape index (κ1) is 15.9. The average Bonchev–Trinajstić information content (AvgIpc) is 2.99. The van der Waals surface area contributed by atoms with Gasteiger partial charge in [0.2, 0.25) is 0 Å². The Labute approximate surface area is 135 Å². The van der Waals surface area contributed by atoms with Crippen molar-refractivity contribution in [1.29, 1.82) is 0 Å². The van der Waals surface area contributed by atoms with Gasteiger partial charge in [0.25, 0.3) is 0 Å². The van der Waals surface area contributed by atoms with Crippen LogP contribution < -0.4 is 4.18 Å². The summed E-state index contributed by atoms with van der Waals surface area (Å²) < 4.78 is 38.0. The van der Waals surface area contributed by atoms with Crippen LogP contribution in [0.15, 0.2) is 42.7 Å². The lowest BCUT2D eigenvalue weighted by molar-refractivity contribution is 0.331. The number of rotatable bonds is 5. The van der Waals surface area contributed by atoms with Crippen molar-refractivity contribution in [2.75, 3.05) is 13.1 Å². The third-order valence-electron chi connectivity index (χ3n) is 3.77. The summed E-state index contributed by atoms with van der Waals surface area (Å²) in [6.07, 6.45) is 5.22. The van der Waals surface area contributed by atoms with Gasteiger partial charge in [0, 0.05) is 18.3 Å². The molecule has 0 amide bonds. The van der Waals surface area contributed by atoms with Crippen molar-refractivity contribution in [2.24, 2.45) is 0 Å². The second kappa shape index (κ2) is 6.64. The van der Waals surface area contributed by atoms with E-state index in [4.69, 9.17) is 0 Å². The molecule has 5 nitrogen and oxygen atoms in total. The second-order valence-corrected chi connectivity index (χ2v) is 6.52. The van der Waals surface area contributed by atoms with Crippen LogP contribution in [0.25, 0.3) is 11.1 Å². The number of benzene rings is 1. The topological polar surface area (TPSA) is 59.5 Å². The van der Waals surface area contributed by atoms with E-state index in [0.717, 1.165) is 31.4 Å². The lowest BCUT2D eigenvalue weighted by Crippen LogP contribution is -2.18. The van der Waals surface area contributed by atoms with E-state index in [0.29, 0.717) is 5.56 Å². The van der Waals surface area contributed by atoms with Crippen LogP contribution in [0.2, 0.25) is 0 Å². The Morgan fingerprint density at radius 3 is 2.65 bits per heavy atom. The highest BCUT2D eigenvalue weighted by molar-refractivity contribution is 7.81. The molecule has 0 atom stereocenters. The molecule has 1 aliphatic rings. The first-order valence-corrected chi connectivity index (χ1v) is 8.71. The number of hydrogen-bond donors (Lipinski definition) is 0. The highest BCUT2D eigenvalue weighted by atomic mass is 32.3. The summed E-state index contributed by atoms with van der Waals surface area (Å²) in [4.78, 5) is 6.31. The monoisotopic (exact) mass is 336 g/mol. The van der Waals surface area contributed by atoms with Gasteiger partial charge < -0.3 is 4.18 Å². The zero-order valence-corrected chi connectivity index (χ0v) is 13.3. The van der Waals surface area contributed by atoms with Crippen molar-refractivity contribution in [3.63, 3.8) is 0 Å². The molecule has 0 unspecified atom stereocenters. The largest absolute Gasteiger partial charge is 0.488 e. The molecule has 2 heterocycles. The first-order chi connectivity index (χ1) is 11.0. The van der Waals surface area contributed by atoms with Crippen molar-refractivity contribution < 1.29 is 16.5 Å². The number of nitrogens with zero attached hydrogens (tertiary/aromatic N) is 2. The molecule has 1 aromatic carbocycles. The quantitative estimate of drug-likeness (QED) is 0.786. The number of pyridine rings is 1. The van der Waals surface area contributed by atoms with Crippen LogP contribution in [-0.4, -0.2) is 31.4 Å². The van der Waals surface area contributed by atoms with Crippen molar-refractivity contribution in [1.82, 2.24) is 9.88 Å². The summed E-state index contributed by atoms with van der Waals surface area (Å²) in [7, 11) is -5.05. The predicted molar refractivity (Wildman–Crippen MR) is 84.8 cm³/mol. The van der Waals surface area contributed by atoms with Crippen LogP contribution in [0.3, 0.4) is 0 Å². The third-order valence-corrected chi connectivity index (χ3v) is 4.17. The molecule has 2 aromatic rings. The van der Waals surface area contributed by atoms with Crippen molar-refractivity contribution in [2.45, 2.75) is 19.4 Å². The van der Waals surface area contributed by atoms with Crippen molar-refractivity contribution in [3.05, 3.63) is 48.3 Å². The van der Waals surface area contributed by atoms with E-state index in [9.17, 15) is 12.3 Å². The molecule has 122 valence electrons. The van der Waals surface area contributed by atoms with Gasteiger partial charge in [-0.1, -0.05) is 22.1 Å². The molecule has 1 aromatic heterocycles.